The SMILES string of the molecule is Cc1nnc(-c2cccc(N=[N+]=[N-])c2)s1. The van der Waals surface area contributed by atoms with Crippen molar-refractivity contribution in [3.05, 3.63) is 39.7 Å². The van der Waals surface area contributed by atoms with Crippen LogP contribution in [0.2, 0.25) is 0 Å². The molecule has 1 heterocycles. The molecule has 0 atom stereocenters. The van der Waals surface area contributed by atoms with Crippen molar-refractivity contribution in [3.8, 4) is 10.6 Å². The molecule has 6 heteroatoms. The van der Waals surface area contributed by atoms with Gasteiger partial charge in [0.15, 0.2) is 0 Å². The number of azide groups is 1. The Hall–Kier alpha value is -1.91. The average molecular weight is 217 g/mol. The number of hydrogen-bond acceptors (Lipinski definition) is 4. The zero-order valence-corrected chi connectivity index (χ0v) is 8.77. The maximum Gasteiger partial charge on any atom is 0.147 e. The number of rotatable bonds is 2. The van der Waals surface area contributed by atoms with Crippen LogP contribution in [0.5, 0.6) is 0 Å². The standard InChI is InChI=1S/C9H7N5S/c1-6-11-13-9(15-6)7-3-2-4-8(5-7)12-14-10/h2-5H,1H3. The molecule has 0 saturated heterocycles. The van der Waals surface area contributed by atoms with Crippen molar-refractivity contribution in [2.24, 2.45) is 5.11 Å². The summed E-state index contributed by atoms with van der Waals surface area (Å²) in [5.41, 5.74) is 9.83. The molecule has 5 nitrogen and oxygen atoms in total. The zero-order valence-electron chi connectivity index (χ0n) is 7.95. The molecule has 15 heavy (non-hydrogen) atoms. The van der Waals surface area contributed by atoms with Gasteiger partial charge in [-0.05, 0) is 18.5 Å². The lowest BCUT2D eigenvalue weighted by Crippen LogP contribution is -1.75. The molecule has 0 N–H and O–H groups in total. The highest BCUT2D eigenvalue weighted by molar-refractivity contribution is 7.14. The summed E-state index contributed by atoms with van der Waals surface area (Å²) in [5, 5.41) is 13.2. The summed E-state index contributed by atoms with van der Waals surface area (Å²) in [6.07, 6.45) is 0. The van der Waals surface area contributed by atoms with E-state index in [0.29, 0.717) is 5.69 Å². The minimum atomic E-state index is 0.586. The van der Waals surface area contributed by atoms with Crippen LogP contribution in [0.3, 0.4) is 0 Å². The fourth-order valence-corrected chi connectivity index (χ4v) is 1.85. The van der Waals surface area contributed by atoms with Crippen LogP contribution in [-0.2, 0) is 0 Å². The van der Waals surface area contributed by atoms with E-state index in [0.717, 1.165) is 15.6 Å². The van der Waals surface area contributed by atoms with Gasteiger partial charge >= 0.3 is 0 Å². The van der Waals surface area contributed by atoms with Gasteiger partial charge in [0.25, 0.3) is 0 Å². The first-order chi connectivity index (χ1) is 7.29. The van der Waals surface area contributed by atoms with Crippen LogP contribution in [0.4, 0.5) is 5.69 Å². The van der Waals surface area contributed by atoms with E-state index in [1.807, 2.05) is 19.1 Å². The van der Waals surface area contributed by atoms with Gasteiger partial charge in [-0.25, -0.2) is 0 Å². The van der Waals surface area contributed by atoms with Crippen LogP contribution < -0.4 is 0 Å². The monoisotopic (exact) mass is 217 g/mol. The fourth-order valence-electron chi connectivity index (χ4n) is 1.17. The second-order valence-electron chi connectivity index (χ2n) is 2.87. The largest absolute Gasteiger partial charge is 0.147 e. The molecule has 2 aromatic rings. The van der Waals surface area contributed by atoms with Crippen LogP contribution >= 0.6 is 11.3 Å². The van der Waals surface area contributed by atoms with Crippen molar-refractivity contribution in [2.45, 2.75) is 6.92 Å². The van der Waals surface area contributed by atoms with Gasteiger partial charge in [-0.15, -0.1) is 10.2 Å². The Kier molecular flexibility index (Phi) is 2.62. The molecular weight excluding hydrogens is 210 g/mol. The van der Waals surface area contributed by atoms with Crippen molar-refractivity contribution in [1.82, 2.24) is 10.2 Å². The first kappa shape index (κ1) is 9.64. The van der Waals surface area contributed by atoms with Crippen LogP contribution in [0.1, 0.15) is 5.01 Å². The number of nitrogens with zero attached hydrogens (tertiary/aromatic N) is 5. The molecule has 74 valence electrons. The van der Waals surface area contributed by atoms with E-state index in [1.54, 1.807) is 12.1 Å². The van der Waals surface area contributed by atoms with Crippen molar-refractivity contribution in [2.75, 3.05) is 0 Å². The maximum atomic E-state index is 8.32. The highest BCUT2D eigenvalue weighted by atomic mass is 32.1. The minimum Gasteiger partial charge on any atom is -0.143 e. The second-order valence-corrected chi connectivity index (χ2v) is 4.05. The Bertz CT molecular complexity index is 527. The van der Waals surface area contributed by atoms with Crippen LogP contribution in [0.25, 0.3) is 21.0 Å². The van der Waals surface area contributed by atoms with E-state index < -0.39 is 0 Å². The molecule has 0 aliphatic heterocycles. The molecule has 0 amide bonds. The number of benzene rings is 1. The van der Waals surface area contributed by atoms with Gasteiger partial charge < -0.3 is 0 Å². The Balaban J connectivity index is 2.44. The molecule has 1 aromatic carbocycles. The molecule has 1 aromatic heterocycles. The van der Waals surface area contributed by atoms with E-state index in [1.165, 1.54) is 11.3 Å². The number of aryl methyl sites for hydroxylation is 1. The third kappa shape index (κ3) is 2.12. The molecule has 2 rings (SSSR count). The van der Waals surface area contributed by atoms with Crippen molar-refractivity contribution < 1.29 is 0 Å². The molecule has 0 unspecified atom stereocenters. The predicted molar refractivity (Wildman–Crippen MR) is 58.9 cm³/mol. The van der Waals surface area contributed by atoms with E-state index in [-0.39, 0.29) is 0 Å². The maximum absolute atomic E-state index is 8.32. The lowest BCUT2D eigenvalue weighted by molar-refractivity contribution is 1.05. The van der Waals surface area contributed by atoms with E-state index in [4.69, 9.17) is 5.53 Å². The fraction of sp³-hybridized carbons (Fsp3) is 0.111. The van der Waals surface area contributed by atoms with E-state index in [2.05, 4.69) is 20.2 Å². The summed E-state index contributed by atoms with van der Waals surface area (Å²) in [4.78, 5) is 2.74. The summed E-state index contributed by atoms with van der Waals surface area (Å²) in [6, 6.07) is 7.28. The third-order valence-corrected chi connectivity index (χ3v) is 2.67. The summed E-state index contributed by atoms with van der Waals surface area (Å²) in [5.74, 6) is 0. The predicted octanol–water partition coefficient (Wildman–Crippen LogP) is 3.46. The first-order valence-corrected chi connectivity index (χ1v) is 5.07. The summed E-state index contributed by atoms with van der Waals surface area (Å²) in [7, 11) is 0. The van der Waals surface area contributed by atoms with Crippen molar-refractivity contribution in [3.63, 3.8) is 0 Å². The molecular formula is C9H7N5S. The normalized spacial score (nSPS) is 9.67. The van der Waals surface area contributed by atoms with Crippen LogP contribution in [-0.4, -0.2) is 10.2 Å². The van der Waals surface area contributed by atoms with Crippen LogP contribution in [0, 0.1) is 6.92 Å². The topological polar surface area (TPSA) is 74.5 Å². The van der Waals surface area contributed by atoms with Crippen molar-refractivity contribution in [1.29, 1.82) is 0 Å². The first-order valence-electron chi connectivity index (χ1n) is 4.25. The summed E-state index contributed by atoms with van der Waals surface area (Å²) in [6.45, 7) is 1.90. The Morgan fingerprint density at radius 2 is 2.27 bits per heavy atom. The molecule has 0 aliphatic carbocycles. The minimum absolute atomic E-state index is 0.586. The quantitative estimate of drug-likeness (QED) is 0.439. The van der Waals surface area contributed by atoms with Crippen LogP contribution in [0.15, 0.2) is 29.4 Å². The third-order valence-electron chi connectivity index (χ3n) is 1.78. The summed E-state index contributed by atoms with van der Waals surface area (Å²) < 4.78 is 0. The molecule has 0 saturated carbocycles. The zero-order chi connectivity index (χ0) is 10.7. The molecule has 0 bridgehead atoms. The van der Waals surface area contributed by atoms with Gasteiger partial charge in [0.05, 0.1) is 0 Å². The lowest BCUT2D eigenvalue weighted by atomic mass is 10.2. The van der Waals surface area contributed by atoms with Gasteiger partial charge in [0.1, 0.15) is 10.0 Å². The highest BCUT2D eigenvalue weighted by Gasteiger charge is 2.03. The Morgan fingerprint density at radius 3 is 2.93 bits per heavy atom. The lowest BCUT2D eigenvalue weighted by Gasteiger charge is -1.95. The smallest absolute Gasteiger partial charge is 0.143 e. The Morgan fingerprint density at radius 1 is 1.40 bits per heavy atom. The van der Waals surface area contributed by atoms with Gasteiger partial charge in [0.2, 0.25) is 0 Å². The van der Waals surface area contributed by atoms with Gasteiger partial charge in [-0.3, -0.25) is 0 Å². The van der Waals surface area contributed by atoms with Gasteiger partial charge in [-0.1, -0.05) is 34.7 Å². The number of hydrogen-bond donors (Lipinski definition) is 0. The molecule has 0 fully saturated rings. The van der Waals surface area contributed by atoms with Crippen molar-refractivity contribution >= 4 is 17.0 Å². The molecule has 0 radical (unpaired) electrons. The van der Waals surface area contributed by atoms with E-state index >= 15 is 0 Å². The van der Waals surface area contributed by atoms with Gasteiger partial charge in [0, 0.05) is 16.2 Å². The molecule has 0 aliphatic rings. The second kappa shape index (κ2) is 4.08. The Labute approximate surface area is 90.0 Å². The average Bonchev–Trinajstić information content (AvgIpc) is 2.66. The van der Waals surface area contributed by atoms with E-state index in [9.17, 15) is 0 Å². The highest BCUT2D eigenvalue weighted by Crippen LogP contribution is 2.26. The summed E-state index contributed by atoms with van der Waals surface area (Å²) >= 11 is 1.51. The number of aromatic nitrogens is 2. The van der Waals surface area contributed by atoms with Gasteiger partial charge in [-0.2, -0.15) is 0 Å². The molecule has 0 spiro atoms.